The van der Waals surface area contributed by atoms with Crippen LogP contribution in [0.5, 0.6) is 0 Å². The number of rotatable bonds is 5. The van der Waals surface area contributed by atoms with Gasteiger partial charge in [-0.1, -0.05) is 30.3 Å². The molecule has 124 valence electrons. The van der Waals surface area contributed by atoms with Crippen LogP contribution >= 0.6 is 11.8 Å². The number of benzene rings is 2. The minimum absolute atomic E-state index is 0.114. The maximum atomic E-state index is 12.5. The minimum Gasteiger partial charge on any atom is -0.351 e. The van der Waals surface area contributed by atoms with Gasteiger partial charge in [-0.15, -0.1) is 11.8 Å². The number of amides is 2. The molecular weight excluding hydrogens is 320 g/mol. The van der Waals surface area contributed by atoms with Gasteiger partial charge in [0.1, 0.15) is 5.92 Å². The zero-order valence-electron chi connectivity index (χ0n) is 13.6. The zero-order chi connectivity index (χ0) is 16.9. The Morgan fingerprint density at radius 3 is 2.54 bits per heavy atom. The molecular formula is C19H20N2O2S. The first kappa shape index (κ1) is 16.6. The number of nitrogens with one attached hydrogen (secondary N) is 1. The van der Waals surface area contributed by atoms with Crippen LogP contribution in [0.3, 0.4) is 0 Å². The van der Waals surface area contributed by atoms with Crippen LogP contribution < -0.4 is 10.2 Å². The quantitative estimate of drug-likeness (QED) is 0.672. The van der Waals surface area contributed by atoms with Gasteiger partial charge in [0.2, 0.25) is 11.8 Å². The summed E-state index contributed by atoms with van der Waals surface area (Å²) in [6, 6.07) is 17.6. The van der Waals surface area contributed by atoms with E-state index < -0.39 is 5.92 Å². The normalized spacial score (nSPS) is 17.1. The molecule has 0 radical (unpaired) electrons. The molecule has 2 amide bonds. The predicted octanol–water partition coefficient (Wildman–Crippen LogP) is 3.08. The molecule has 4 nitrogen and oxygen atoms in total. The first-order valence-electron chi connectivity index (χ1n) is 7.96. The zero-order valence-corrected chi connectivity index (χ0v) is 14.4. The van der Waals surface area contributed by atoms with Gasteiger partial charge in [-0.3, -0.25) is 9.59 Å². The number of anilines is 1. The average Bonchev–Trinajstić information content (AvgIpc) is 3.02. The third kappa shape index (κ3) is 3.62. The Labute approximate surface area is 146 Å². The molecule has 3 rings (SSSR count). The lowest BCUT2D eigenvalue weighted by Gasteiger charge is -2.16. The van der Waals surface area contributed by atoms with Crippen molar-refractivity contribution in [1.29, 1.82) is 0 Å². The van der Waals surface area contributed by atoms with Gasteiger partial charge in [0.05, 0.1) is 0 Å². The van der Waals surface area contributed by atoms with Gasteiger partial charge in [-0.2, -0.15) is 0 Å². The van der Waals surface area contributed by atoms with E-state index in [1.165, 1.54) is 4.90 Å². The standard InChI is InChI=1S/C19H20N2O2S/c1-24-16-9-7-14(8-10-16)13-20-18(22)17-11-12-21(19(17)23)15-5-3-2-4-6-15/h2-10,17H,11-13H2,1H3,(H,20,22)/t17-/m0/s1. The molecule has 0 aromatic heterocycles. The lowest BCUT2D eigenvalue weighted by atomic mass is 10.1. The molecule has 0 saturated carbocycles. The maximum Gasteiger partial charge on any atom is 0.239 e. The second kappa shape index (κ2) is 7.53. The topological polar surface area (TPSA) is 49.4 Å². The van der Waals surface area contributed by atoms with Gasteiger partial charge < -0.3 is 10.2 Å². The summed E-state index contributed by atoms with van der Waals surface area (Å²) in [7, 11) is 0. The summed E-state index contributed by atoms with van der Waals surface area (Å²) in [5.74, 6) is -0.889. The van der Waals surface area contributed by atoms with Gasteiger partial charge >= 0.3 is 0 Å². The largest absolute Gasteiger partial charge is 0.351 e. The number of thioether (sulfide) groups is 1. The minimum atomic E-state index is -0.587. The van der Waals surface area contributed by atoms with E-state index in [0.29, 0.717) is 19.5 Å². The lowest BCUT2D eigenvalue weighted by molar-refractivity contribution is -0.132. The molecule has 1 fully saturated rings. The summed E-state index contributed by atoms with van der Waals surface area (Å²) in [6.45, 7) is 1.03. The van der Waals surface area contributed by atoms with Crippen LogP contribution in [0, 0.1) is 5.92 Å². The van der Waals surface area contributed by atoms with Gasteiger partial charge in [0.25, 0.3) is 0 Å². The maximum absolute atomic E-state index is 12.5. The van der Waals surface area contributed by atoms with E-state index in [4.69, 9.17) is 0 Å². The van der Waals surface area contributed by atoms with E-state index in [9.17, 15) is 9.59 Å². The molecule has 0 aliphatic carbocycles. The predicted molar refractivity (Wildman–Crippen MR) is 97.0 cm³/mol. The molecule has 1 N–H and O–H groups in total. The van der Waals surface area contributed by atoms with Crippen LogP contribution in [0.25, 0.3) is 0 Å². The van der Waals surface area contributed by atoms with Gasteiger partial charge in [-0.25, -0.2) is 0 Å². The molecule has 24 heavy (non-hydrogen) atoms. The Balaban J connectivity index is 1.58. The van der Waals surface area contributed by atoms with Crippen molar-refractivity contribution >= 4 is 29.3 Å². The van der Waals surface area contributed by atoms with E-state index in [-0.39, 0.29) is 11.8 Å². The second-order valence-corrected chi connectivity index (χ2v) is 6.61. The lowest BCUT2D eigenvalue weighted by Crippen LogP contribution is -2.36. The number of carbonyl (C=O) groups excluding carboxylic acids is 2. The number of hydrogen-bond acceptors (Lipinski definition) is 3. The Morgan fingerprint density at radius 2 is 1.88 bits per heavy atom. The molecule has 1 atom stereocenters. The van der Waals surface area contributed by atoms with Crippen LogP contribution in [0.2, 0.25) is 0 Å². The summed E-state index contributed by atoms with van der Waals surface area (Å²) in [6.07, 6.45) is 2.59. The van der Waals surface area contributed by atoms with Gasteiger partial charge in [-0.05, 0) is 42.5 Å². The highest BCUT2D eigenvalue weighted by Crippen LogP contribution is 2.25. The molecule has 0 spiro atoms. The molecule has 5 heteroatoms. The highest BCUT2D eigenvalue weighted by molar-refractivity contribution is 7.98. The van der Waals surface area contributed by atoms with Crippen molar-refractivity contribution in [3.8, 4) is 0 Å². The van der Waals surface area contributed by atoms with E-state index in [1.807, 2.05) is 60.9 Å². The third-order valence-electron chi connectivity index (χ3n) is 4.22. The summed E-state index contributed by atoms with van der Waals surface area (Å²) < 4.78 is 0. The monoisotopic (exact) mass is 340 g/mol. The van der Waals surface area contributed by atoms with Crippen molar-refractivity contribution in [3.05, 3.63) is 60.2 Å². The fraction of sp³-hybridized carbons (Fsp3) is 0.263. The number of carbonyl (C=O) groups is 2. The molecule has 1 saturated heterocycles. The van der Waals surface area contributed by atoms with E-state index in [0.717, 1.165) is 11.3 Å². The highest BCUT2D eigenvalue weighted by Gasteiger charge is 2.37. The third-order valence-corrected chi connectivity index (χ3v) is 4.96. The molecule has 2 aromatic carbocycles. The molecule has 2 aromatic rings. The van der Waals surface area contributed by atoms with Crippen molar-refractivity contribution in [1.82, 2.24) is 5.32 Å². The molecule has 0 unspecified atom stereocenters. The van der Waals surface area contributed by atoms with Crippen LogP contribution in [-0.2, 0) is 16.1 Å². The SMILES string of the molecule is CSc1ccc(CNC(=O)[C@@H]2CCN(c3ccccc3)C2=O)cc1. The summed E-state index contributed by atoms with van der Waals surface area (Å²) >= 11 is 1.68. The Hall–Kier alpha value is -2.27. The van der Waals surface area contributed by atoms with Crippen LogP contribution in [0.4, 0.5) is 5.69 Å². The van der Waals surface area contributed by atoms with E-state index in [1.54, 1.807) is 16.7 Å². The van der Waals surface area contributed by atoms with Crippen molar-refractivity contribution in [2.45, 2.75) is 17.9 Å². The number of nitrogens with zero attached hydrogens (tertiary/aromatic N) is 1. The summed E-state index contributed by atoms with van der Waals surface area (Å²) in [5, 5.41) is 2.89. The van der Waals surface area contributed by atoms with Crippen molar-refractivity contribution < 1.29 is 9.59 Å². The number of hydrogen-bond donors (Lipinski definition) is 1. The second-order valence-electron chi connectivity index (χ2n) is 5.73. The first-order chi connectivity index (χ1) is 11.7. The van der Waals surface area contributed by atoms with Crippen molar-refractivity contribution in [3.63, 3.8) is 0 Å². The van der Waals surface area contributed by atoms with Gasteiger partial charge in [0.15, 0.2) is 0 Å². The summed E-state index contributed by atoms with van der Waals surface area (Å²) in [4.78, 5) is 27.8. The first-order valence-corrected chi connectivity index (χ1v) is 9.18. The van der Waals surface area contributed by atoms with Crippen LogP contribution in [0.15, 0.2) is 59.5 Å². The fourth-order valence-corrected chi connectivity index (χ4v) is 3.25. The Morgan fingerprint density at radius 1 is 1.17 bits per heavy atom. The molecule has 0 bridgehead atoms. The molecule has 1 heterocycles. The number of para-hydroxylation sites is 1. The van der Waals surface area contributed by atoms with Crippen LogP contribution in [0.1, 0.15) is 12.0 Å². The van der Waals surface area contributed by atoms with E-state index in [2.05, 4.69) is 5.32 Å². The Bertz CT molecular complexity index is 716. The van der Waals surface area contributed by atoms with Gasteiger partial charge in [0, 0.05) is 23.7 Å². The molecule has 1 aliphatic heterocycles. The Kier molecular flexibility index (Phi) is 5.20. The fourth-order valence-electron chi connectivity index (χ4n) is 2.84. The molecule has 1 aliphatic rings. The average molecular weight is 340 g/mol. The smallest absolute Gasteiger partial charge is 0.239 e. The van der Waals surface area contributed by atoms with Crippen LogP contribution in [-0.4, -0.2) is 24.6 Å². The van der Waals surface area contributed by atoms with E-state index >= 15 is 0 Å². The van der Waals surface area contributed by atoms with Crippen molar-refractivity contribution in [2.75, 3.05) is 17.7 Å². The van der Waals surface area contributed by atoms with Crippen molar-refractivity contribution in [2.24, 2.45) is 5.92 Å². The summed E-state index contributed by atoms with van der Waals surface area (Å²) in [5.41, 5.74) is 1.89. The highest BCUT2D eigenvalue weighted by atomic mass is 32.2.